The van der Waals surface area contributed by atoms with Crippen molar-refractivity contribution in [2.75, 3.05) is 25.0 Å². The first-order valence-corrected chi connectivity index (χ1v) is 8.02. The minimum atomic E-state index is -0.0229. The average molecular weight is 327 g/mol. The Morgan fingerprint density at radius 1 is 1.38 bits per heavy atom. The molecule has 24 heavy (non-hydrogen) atoms. The normalized spacial score (nSPS) is 17.6. The first-order valence-electron chi connectivity index (χ1n) is 8.02. The molecule has 1 unspecified atom stereocenters. The molecule has 3 N–H and O–H groups in total. The van der Waals surface area contributed by atoms with Crippen LogP contribution in [0.5, 0.6) is 0 Å². The second kappa shape index (κ2) is 7.31. The highest BCUT2D eigenvalue weighted by atomic mass is 16.2. The highest BCUT2D eigenvalue weighted by Gasteiger charge is 2.26. The van der Waals surface area contributed by atoms with Gasteiger partial charge in [-0.15, -0.1) is 0 Å². The second-order valence-electron chi connectivity index (χ2n) is 5.85. The van der Waals surface area contributed by atoms with Crippen molar-refractivity contribution in [3.63, 3.8) is 0 Å². The van der Waals surface area contributed by atoms with Crippen LogP contribution in [-0.4, -0.2) is 50.4 Å². The van der Waals surface area contributed by atoms with Gasteiger partial charge in [-0.05, 0) is 19.8 Å². The van der Waals surface area contributed by atoms with Crippen molar-refractivity contribution >= 4 is 17.5 Å². The molecule has 126 valence electrons. The number of carbonyl (C=O) groups is 1. The lowest BCUT2D eigenvalue weighted by molar-refractivity contribution is -0.130. The Bertz CT molecular complexity index is 707. The molecule has 1 amide bonds. The number of nitrogens with zero attached hydrogens (tertiary/aromatic N) is 5. The standard InChI is InChI=1S/C16H21N7O/c1-11-7-13(21-14-9-18-4-5-19-14)22-16(20-11)12-3-2-6-23(10-12)15(24)8-17/h4-5,7,9,12H,2-3,6,8,10,17H2,1H3,(H,19,20,21,22). The maximum Gasteiger partial charge on any atom is 0.236 e. The van der Waals surface area contributed by atoms with Gasteiger partial charge in [-0.3, -0.25) is 9.78 Å². The maximum atomic E-state index is 11.9. The van der Waals surface area contributed by atoms with Crippen molar-refractivity contribution in [1.29, 1.82) is 0 Å². The zero-order valence-corrected chi connectivity index (χ0v) is 13.6. The summed E-state index contributed by atoms with van der Waals surface area (Å²) in [5.74, 6) is 2.16. The number of carbonyl (C=O) groups excluding carboxylic acids is 1. The van der Waals surface area contributed by atoms with Crippen LogP contribution >= 0.6 is 0 Å². The number of hydrogen-bond acceptors (Lipinski definition) is 7. The molecule has 0 aliphatic carbocycles. The van der Waals surface area contributed by atoms with E-state index in [2.05, 4.69) is 25.3 Å². The minimum absolute atomic E-state index is 0.0229. The molecule has 3 rings (SSSR count). The number of aryl methyl sites for hydroxylation is 1. The molecule has 0 spiro atoms. The zero-order chi connectivity index (χ0) is 16.9. The van der Waals surface area contributed by atoms with E-state index in [0.29, 0.717) is 18.2 Å². The van der Waals surface area contributed by atoms with Gasteiger partial charge in [0.05, 0.1) is 12.7 Å². The number of anilines is 2. The molecule has 1 saturated heterocycles. The summed E-state index contributed by atoms with van der Waals surface area (Å²) >= 11 is 0. The first-order chi connectivity index (χ1) is 11.7. The number of piperidine rings is 1. The fourth-order valence-electron chi connectivity index (χ4n) is 2.88. The molecule has 0 aromatic carbocycles. The van der Waals surface area contributed by atoms with Gasteiger partial charge in [0, 0.05) is 43.2 Å². The Hall–Kier alpha value is -2.61. The van der Waals surface area contributed by atoms with Crippen LogP contribution in [0.3, 0.4) is 0 Å². The second-order valence-corrected chi connectivity index (χ2v) is 5.85. The largest absolute Gasteiger partial charge is 0.341 e. The number of amides is 1. The van der Waals surface area contributed by atoms with E-state index in [1.807, 2.05) is 13.0 Å². The van der Waals surface area contributed by atoms with Gasteiger partial charge in [-0.2, -0.15) is 0 Å². The van der Waals surface area contributed by atoms with E-state index in [1.165, 1.54) is 0 Å². The van der Waals surface area contributed by atoms with Gasteiger partial charge < -0.3 is 16.0 Å². The summed E-state index contributed by atoms with van der Waals surface area (Å²) in [5, 5.41) is 3.14. The molecule has 2 aromatic rings. The van der Waals surface area contributed by atoms with E-state index in [0.717, 1.165) is 30.9 Å². The smallest absolute Gasteiger partial charge is 0.236 e. The van der Waals surface area contributed by atoms with Crippen LogP contribution in [0.2, 0.25) is 0 Å². The first kappa shape index (κ1) is 16.3. The molecule has 0 bridgehead atoms. The van der Waals surface area contributed by atoms with E-state index >= 15 is 0 Å². The number of nitrogens with one attached hydrogen (secondary N) is 1. The van der Waals surface area contributed by atoms with Crippen molar-refractivity contribution < 1.29 is 4.79 Å². The van der Waals surface area contributed by atoms with E-state index < -0.39 is 0 Å². The van der Waals surface area contributed by atoms with Gasteiger partial charge in [0.2, 0.25) is 5.91 Å². The molecule has 1 aliphatic rings. The van der Waals surface area contributed by atoms with Gasteiger partial charge in [0.1, 0.15) is 17.5 Å². The Morgan fingerprint density at radius 3 is 3.00 bits per heavy atom. The topological polar surface area (TPSA) is 110 Å². The van der Waals surface area contributed by atoms with Crippen molar-refractivity contribution in [2.24, 2.45) is 5.73 Å². The number of nitrogens with two attached hydrogens (primary N) is 1. The molecular weight excluding hydrogens is 306 g/mol. The molecule has 0 saturated carbocycles. The predicted molar refractivity (Wildman–Crippen MR) is 89.7 cm³/mol. The summed E-state index contributed by atoms with van der Waals surface area (Å²) in [7, 11) is 0. The van der Waals surface area contributed by atoms with Crippen LogP contribution < -0.4 is 11.1 Å². The van der Waals surface area contributed by atoms with Crippen molar-refractivity contribution in [2.45, 2.75) is 25.7 Å². The van der Waals surface area contributed by atoms with Crippen LogP contribution in [0, 0.1) is 6.92 Å². The van der Waals surface area contributed by atoms with Crippen molar-refractivity contribution in [3.8, 4) is 0 Å². The van der Waals surface area contributed by atoms with Crippen molar-refractivity contribution in [1.82, 2.24) is 24.8 Å². The number of aromatic nitrogens is 4. The van der Waals surface area contributed by atoms with Gasteiger partial charge >= 0.3 is 0 Å². The lowest BCUT2D eigenvalue weighted by atomic mass is 9.97. The molecule has 0 radical (unpaired) electrons. The highest BCUT2D eigenvalue weighted by molar-refractivity contribution is 5.78. The van der Waals surface area contributed by atoms with Crippen LogP contribution in [0.15, 0.2) is 24.7 Å². The van der Waals surface area contributed by atoms with E-state index in [9.17, 15) is 4.79 Å². The molecule has 8 nitrogen and oxygen atoms in total. The van der Waals surface area contributed by atoms with Gasteiger partial charge in [-0.25, -0.2) is 15.0 Å². The molecule has 8 heteroatoms. The Labute approximate surface area is 140 Å². The summed E-state index contributed by atoms with van der Waals surface area (Å²) in [6, 6.07) is 1.86. The Kier molecular flexibility index (Phi) is 4.95. The number of hydrogen-bond donors (Lipinski definition) is 2. The van der Waals surface area contributed by atoms with Crippen LogP contribution in [0.1, 0.15) is 30.3 Å². The third-order valence-electron chi connectivity index (χ3n) is 4.00. The molecular formula is C16H21N7O. The summed E-state index contributed by atoms with van der Waals surface area (Å²) in [5.41, 5.74) is 6.34. The quantitative estimate of drug-likeness (QED) is 0.861. The van der Waals surface area contributed by atoms with Gasteiger partial charge in [0.25, 0.3) is 0 Å². The monoisotopic (exact) mass is 327 g/mol. The van der Waals surface area contributed by atoms with Gasteiger partial charge in [0.15, 0.2) is 0 Å². The fourth-order valence-corrected chi connectivity index (χ4v) is 2.88. The van der Waals surface area contributed by atoms with E-state index in [4.69, 9.17) is 5.73 Å². The SMILES string of the molecule is Cc1cc(Nc2cnccn2)nc(C2CCCN(C(=O)CN)C2)n1. The molecule has 1 fully saturated rings. The van der Waals surface area contributed by atoms with Gasteiger partial charge in [-0.1, -0.05) is 0 Å². The third kappa shape index (κ3) is 3.83. The van der Waals surface area contributed by atoms with Crippen molar-refractivity contribution in [3.05, 3.63) is 36.2 Å². The third-order valence-corrected chi connectivity index (χ3v) is 4.00. The zero-order valence-electron chi connectivity index (χ0n) is 13.6. The lowest BCUT2D eigenvalue weighted by Gasteiger charge is -2.32. The summed E-state index contributed by atoms with van der Waals surface area (Å²) in [6.07, 6.45) is 6.77. The molecule has 1 aliphatic heterocycles. The summed E-state index contributed by atoms with van der Waals surface area (Å²) in [6.45, 7) is 3.34. The molecule has 1 atom stereocenters. The number of likely N-dealkylation sites (tertiary alicyclic amines) is 1. The van der Waals surface area contributed by atoms with E-state index in [-0.39, 0.29) is 18.4 Å². The summed E-state index contributed by atoms with van der Waals surface area (Å²) < 4.78 is 0. The Balaban J connectivity index is 1.79. The highest BCUT2D eigenvalue weighted by Crippen LogP contribution is 2.26. The molecule has 3 heterocycles. The van der Waals surface area contributed by atoms with Crippen LogP contribution in [0.25, 0.3) is 0 Å². The fraction of sp³-hybridized carbons (Fsp3) is 0.438. The lowest BCUT2D eigenvalue weighted by Crippen LogP contribution is -2.42. The molecule has 2 aromatic heterocycles. The van der Waals surface area contributed by atoms with Crippen LogP contribution in [-0.2, 0) is 4.79 Å². The summed E-state index contributed by atoms with van der Waals surface area (Å²) in [4.78, 5) is 31.0. The minimum Gasteiger partial charge on any atom is -0.341 e. The van der Waals surface area contributed by atoms with E-state index in [1.54, 1.807) is 23.5 Å². The maximum absolute atomic E-state index is 11.9. The predicted octanol–water partition coefficient (Wildman–Crippen LogP) is 0.983. The average Bonchev–Trinajstić information content (AvgIpc) is 2.61. The van der Waals surface area contributed by atoms with Crippen LogP contribution in [0.4, 0.5) is 11.6 Å². The Morgan fingerprint density at radius 2 is 2.25 bits per heavy atom. The number of rotatable bonds is 4.